The second-order valence-corrected chi connectivity index (χ2v) is 10.2. The van der Waals surface area contributed by atoms with Gasteiger partial charge in [-0.05, 0) is 38.0 Å². The van der Waals surface area contributed by atoms with Gasteiger partial charge in [0.15, 0.2) is 9.84 Å². The van der Waals surface area contributed by atoms with Gasteiger partial charge in [-0.1, -0.05) is 0 Å². The minimum atomic E-state index is -3.07. The first-order valence-corrected chi connectivity index (χ1v) is 11.2. The first kappa shape index (κ1) is 19.9. The van der Waals surface area contributed by atoms with Crippen molar-refractivity contribution in [2.75, 3.05) is 25.3 Å². The molecule has 1 unspecified atom stereocenters. The molecule has 3 heterocycles. The Hall–Kier alpha value is -2.39. The smallest absolute Gasteiger partial charge is 0.340 e. The van der Waals surface area contributed by atoms with Gasteiger partial charge < -0.3 is 13.9 Å². The lowest BCUT2D eigenvalue weighted by molar-refractivity contribution is -0.139. The molecule has 0 spiro atoms. The number of esters is 1. The minimum Gasteiger partial charge on any atom is -0.478 e. The lowest BCUT2D eigenvalue weighted by Gasteiger charge is -2.40. The number of rotatable bonds is 3. The molecule has 1 aromatic carbocycles. The second kappa shape index (κ2) is 6.84. The molecule has 0 N–H and O–H groups in total. The highest BCUT2D eigenvalue weighted by atomic mass is 32.2. The number of methoxy groups -OCH3 is 1. The van der Waals surface area contributed by atoms with Gasteiger partial charge in [0, 0.05) is 17.5 Å². The molecule has 2 aliphatic rings. The van der Waals surface area contributed by atoms with Gasteiger partial charge in [0.2, 0.25) is 0 Å². The third kappa shape index (κ3) is 3.42. The molecule has 1 aromatic heterocycles. The molecule has 29 heavy (non-hydrogen) atoms. The minimum absolute atomic E-state index is 0.0791. The number of benzene rings is 1. The van der Waals surface area contributed by atoms with Crippen LogP contribution in [0, 0.1) is 6.92 Å². The second-order valence-electron chi connectivity index (χ2n) is 7.98. The van der Waals surface area contributed by atoms with Crippen molar-refractivity contribution in [2.24, 2.45) is 0 Å². The van der Waals surface area contributed by atoms with E-state index in [4.69, 9.17) is 9.15 Å². The molecule has 9 heteroatoms. The molecule has 1 fully saturated rings. The highest BCUT2D eigenvalue weighted by Crippen LogP contribution is 2.38. The Bertz CT molecular complexity index is 1170. The maximum Gasteiger partial charge on any atom is 0.340 e. The highest BCUT2D eigenvalue weighted by molar-refractivity contribution is 7.91. The number of aryl methyl sites for hydroxylation is 1. The molecule has 1 atom stereocenters. The Labute approximate surface area is 168 Å². The van der Waals surface area contributed by atoms with Gasteiger partial charge in [-0.3, -0.25) is 9.69 Å². The first-order valence-electron chi connectivity index (χ1n) is 9.37. The van der Waals surface area contributed by atoms with Crippen LogP contribution in [0.25, 0.3) is 11.0 Å². The van der Waals surface area contributed by atoms with Crippen LogP contribution in [0.5, 0.6) is 5.75 Å². The molecule has 0 saturated carbocycles. The Morgan fingerprint density at radius 1 is 1.34 bits per heavy atom. The lowest BCUT2D eigenvalue weighted by atomic mass is 9.96. The summed E-state index contributed by atoms with van der Waals surface area (Å²) in [6.45, 7) is 4.38. The zero-order valence-electron chi connectivity index (χ0n) is 16.6. The maximum absolute atomic E-state index is 12.6. The summed E-state index contributed by atoms with van der Waals surface area (Å²) in [7, 11) is -1.80. The van der Waals surface area contributed by atoms with Gasteiger partial charge >= 0.3 is 11.6 Å². The molecule has 156 valence electrons. The van der Waals surface area contributed by atoms with Crippen LogP contribution in [0.1, 0.15) is 30.0 Å². The van der Waals surface area contributed by atoms with Crippen molar-refractivity contribution in [1.82, 2.24) is 4.90 Å². The van der Waals surface area contributed by atoms with Crippen molar-refractivity contribution in [2.45, 2.75) is 38.8 Å². The average molecular weight is 421 g/mol. The quantitative estimate of drug-likeness (QED) is 0.543. The summed E-state index contributed by atoms with van der Waals surface area (Å²) in [5.74, 6) is 0.340. The number of carbonyl (C=O) groups is 1. The fourth-order valence-corrected chi connectivity index (χ4v) is 6.34. The summed E-state index contributed by atoms with van der Waals surface area (Å²) in [6.07, 6.45) is 0.376. The molecule has 4 rings (SSSR count). The van der Waals surface area contributed by atoms with E-state index in [-0.39, 0.29) is 30.2 Å². The molecule has 2 aliphatic heterocycles. The molecule has 0 radical (unpaired) electrons. The van der Waals surface area contributed by atoms with Gasteiger partial charge in [0.25, 0.3) is 0 Å². The number of hydrogen-bond donors (Lipinski definition) is 0. The van der Waals surface area contributed by atoms with Crippen molar-refractivity contribution >= 4 is 26.8 Å². The molecule has 0 bridgehead atoms. The number of ether oxygens (including phenoxy) is 2. The van der Waals surface area contributed by atoms with Crippen LogP contribution in [0.3, 0.4) is 0 Å². The fourth-order valence-electron chi connectivity index (χ4n) is 4.17. The standard InChI is InChI=1S/C20H23NO7S/c1-12-13-4-5-16-15(18(13)28-19(23)14(12)8-17(22)26-3)9-21(11-27-16)20(2)6-7-29(24,25)10-20/h4-5H,6-11H2,1-3H3. The van der Waals surface area contributed by atoms with Crippen LogP contribution < -0.4 is 10.4 Å². The molecule has 8 nitrogen and oxygen atoms in total. The van der Waals surface area contributed by atoms with E-state index in [0.717, 1.165) is 5.39 Å². The maximum atomic E-state index is 12.6. The normalized spacial score (nSPS) is 23.6. The fraction of sp³-hybridized carbons (Fsp3) is 0.500. The van der Waals surface area contributed by atoms with Crippen molar-refractivity contribution < 1.29 is 27.1 Å². The summed E-state index contributed by atoms with van der Waals surface area (Å²) < 4.78 is 40.2. The third-order valence-corrected chi connectivity index (χ3v) is 7.92. The van der Waals surface area contributed by atoms with Crippen LogP contribution in [-0.2, 0) is 32.3 Å². The van der Waals surface area contributed by atoms with Gasteiger partial charge in [-0.25, -0.2) is 13.2 Å². The van der Waals surface area contributed by atoms with E-state index in [9.17, 15) is 18.0 Å². The van der Waals surface area contributed by atoms with Gasteiger partial charge in [-0.2, -0.15) is 0 Å². The van der Waals surface area contributed by atoms with Crippen molar-refractivity contribution in [3.63, 3.8) is 0 Å². The Morgan fingerprint density at radius 3 is 2.76 bits per heavy atom. The summed E-state index contributed by atoms with van der Waals surface area (Å²) in [5, 5.41) is 0.719. The van der Waals surface area contributed by atoms with E-state index in [1.54, 1.807) is 6.92 Å². The van der Waals surface area contributed by atoms with Crippen LogP contribution in [0.15, 0.2) is 21.3 Å². The van der Waals surface area contributed by atoms with Crippen LogP contribution in [0.2, 0.25) is 0 Å². The number of carbonyl (C=O) groups excluding carboxylic acids is 1. The highest BCUT2D eigenvalue weighted by Gasteiger charge is 2.44. The summed E-state index contributed by atoms with van der Waals surface area (Å²) >= 11 is 0. The predicted molar refractivity (Wildman–Crippen MR) is 106 cm³/mol. The van der Waals surface area contributed by atoms with Crippen molar-refractivity contribution in [3.8, 4) is 5.75 Å². The van der Waals surface area contributed by atoms with Crippen LogP contribution >= 0.6 is 0 Å². The average Bonchev–Trinajstić information content (AvgIpc) is 2.98. The van der Waals surface area contributed by atoms with E-state index in [0.29, 0.717) is 35.4 Å². The first-order chi connectivity index (χ1) is 13.6. The van der Waals surface area contributed by atoms with E-state index in [1.165, 1.54) is 7.11 Å². The molecular weight excluding hydrogens is 398 g/mol. The van der Waals surface area contributed by atoms with Crippen molar-refractivity contribution in [1.29, 1.82) is 0 Å². The molecule has 0 aliphatic carbocycles. The zero-order chi connectivity index (χ0) is 21.0. The largest absolute Gasteiger partial charge is 0.478 e. The monoisotopic (exact) mass is 421 g/mol. The van der Waals surface area contributed by atoms with Gasteiger partial charge in [-0.15, -0.1) is 0 Å². The number of hydrogen-bond acceptors (Lipinski definition) is 8. The third-order valence-electron chi connectivity index (χ3n) is 6.03. The van der Waals surface area contributed by atoms with E-state index >= 15 is 0 Å². The van der Waals surface area contributed by atoms with Gasteiger partial charge in [0.1, 0.15) is 18.1 Å². The Morgan fingerprint density at radius 2 is 2.10 bits per heavy atom. The number of fused-ring (bicyclic) bond motifs is 3. The van der Waals surface area contributed by atoms with E-state index < -0.39 is 27.0 Å². The topological polar surface area (TPSA) is 103 Å². The number of sulfone groups is 1. The molecule has 2 aromatic rings. The lowest BCUT2D eigenvalue weighted by Crippen LogP contribution is -2.50. The van der Waals surface area contributed by atoms with Crippen LogP contribution in [-0.4, -0.2) is 50.2 Å². The zero-order valence-corrected chi connectivity index (χ0v) is 17.4. The van der Waals surface area contributed by atoms with Crippen molar-refractivity contribution in [3.05, 3.63) is 39.2 Å². The molecular formula is C20H23NO7S. The summed E-state index contributed by atoms with van der Waals surface area (Å²) in [4.78, 5) is 26.2. The SMILES string of the molecule is COC(=O)Cc1c(C)c2ccc3c(c2oc1=O)CN(C1(C)CCS(=O)(=O)C1)CO3. The predicted octanol–water partition coefficient (Wildman–Crippen LogP) is 1.55. The van der Waals surface area contributed by atoms with E-state index in [1.807, 2.05) is 24.0 Å². The summed E-state index contributed by atoms with van der Waals surface area (Å²) in [6, 6.07) is 3.63. The van der Waals surface area contributed by atoms with E-state index in [2.05, 4.69) is 4.74 Å². The Balaban J connectivity index is 1.77. The summed E-state index contributed by atoms with van der Waals surface area (Å²) in [5.41, 5.74) is 0.944. The van der Waals surface area contributed by atoms with Gasteiger partial charge in [0.05, 0.1) is 36.2 Å². The van der Waals surface area contributed by atoms with Crippen LogP contribution in [0.4, 0.5) is 0 Å². The number of nitrogens with zero attached hydrogens (tertiary/aromatic N) is 1. The molecule has 1 saturated heterocycles. The molecule has 0 amide bonds. The Kier molecular flexibility index (Phi) is 4.70.